The van der Waals surface area contributed by atoms with E-state index in [1.54, 1.807) is 18.2 Å². The summed E-state index contributed by atoms with van der Waals surface area (Å²) in [6, 6.07) is 15.5. The second-order valence-electron chi connectivity index (χ2n) is 5.48. The Balaban J connectivity index is 1.54. The lowest BCUT2D eigenvalue weighted by molar-refractivity contribution is -0.120. The molecule has 0 aromatic heterocycles. The zero-order valence-corrected chi connectivity index (χ0v) is 14.9. The number of nitrogens with one attached hydrogen (secondary N) is 1. The van der Waals surface area contributed by atoms with E-state index in [0.29, 0.717) is 36.2 Å². The van der Waals surface area contributed by atoms with Crippen LogP contribution in [-0.2, 0) is 22.4 Å². The maximum atomic E-state index is 11.9. The minimum atomic E-state index is -0.0299. The zero-order valence-electron chi connectivity index (χ0n) is 13.4. The summed E-state index contributed by atoms with van der Waals surface area (Å²) in [5, 5.41) is 3.84. The van der Waals surface area contributed by atoms with Gasteiger partial charge in [-0.15, -0.1) is 0 Å². The summed E-state index contributed by atoms with van der Waals surface area (Å²) in [7, 11) is 0. The summed E-state index contributed by atoms with van der Waals surface area (Å²) >= 11 is 11.8. The molecular formula is C19H21Cl2NO2. The largest absolute Gasteiger partial charge is 0.381 e. The molecule has 0 saturated heterocycles. The average Bonchev–Trinajstić information content (AvgIpc) is 2.58. The highest BCUT2D eigenvalue weighted by atomic mass is 35.5. The fourth-order valence-electron chi connectivity index (χ4n) is 2.24. The molecule has 0 aliphatic carbocycles. The van der Waals surface area contributed by atoms with E-state index in [-0.39, 0.29) is 5.91 Å². The van der Waals surface area contributed by atoms with Crippen LogP contribution in [0.4, 0.5) is 0 Å². The summed E-state index contributed by atoms with van der Waals surface area (Å²) in [6.45, 7) is 1.94. The van der Waals surface area contributed by atoms with Gasteiger partial charge >= 0.3 is 0 Å². The first kappa shape index (κ1) is 18.8. The Kier molecular flexibility index (Phi) is 8.10. The molecular weight excluding hydrogens is 345 g/mol. The molecule has 0 saturated carbocycles. The summed E-state index contributed by atoms with van der Waals surface area (Å²) in [4.78, 5) is 11.9. The van der Waals surface area contributed by atoms with Crippen LogP contribution in [0.3, 0.4) is 0 Å². The third-order valence-corrected chi connectivity index (χ3v) is 4.25. The van der Waals surface area contributed by atoms with E-state index in [1.165, 1.54) is 5.56 Å². The Morgan fingerprint density at radius 3 is 2.50 bits per heavy atom. The molecule has 0 bridgehead atoms. The minimum Gasteiger partial charge on any atom is -0.381 e. The SMILES string of the molecule is O=C(Cc1ccc(Cl)c(Cl)c1)NCCCOCCc1ccccc1. The highest BCUT2D eigenvalue weighted by Gasteiger charge is 2.05. The number of halogens is 2. The van der Waals surface area contributed by atoms with Gasteiger partial charge in [0.1, 0.15) is 0 Å². The van der Waals surface area contributed by atoms with Crippen LogP contribution < -0.4 is 5.32 Å². The third kappa shape index (κ3) is 6.91. The molecule has 0 fully saturated rings. The van der Waals surface area contributed by atoms with Crippen molar-refractivity contribution in [3.8, 4) is 0 Å². The van der Waals surface area contributed by atoms with Crippen LogP contribution in [0.15, 0.2) is 48.5 Å². The number of carbonyl (C=O) groups is 1. The molecule has 2 aromatic rings. The standard InChI is InChI=1S/C19H21Cl2NO2/c20-17-8-7-16(13-18(17)21)14-19(23)22-10-4-11-24-12-9-15-5-2-1-3-6-15/h1-3,5-8,13H,4,9-12,14H2,(H,22,23). The van der Waals surface area contributed by atoms with E-state index in [2.05, 4.69) is 17.4 Å². The fraction of sp³-hybridized carbons (Fsp3) is 0.316. The summed E-state index contributed by atoms with van der Waals surface area (Å²) in [6.07, 6.45) is 2.00. The van der Waals surface area contributed by atoms with Crippen molar-refractivity contribution in [3.05, 3.63) is 69.7 Å². The molecule has 0 aliphatic rings. The molecule has 1 amide bonds. The van der Waals surface area contributed by atoms with Crippen LogP contribution in [0.5, 0.6) is 0 Å². The van der Waals surface area contributed by atoms with Gasteiger partial charge in [-0.3, -0.25) is 4.79 Å². The van der Waals surface area contributed by atoms with E-state index >= 15 is 0 Å². The molecule has 0 aliphatic heterocycles. The average molecular weight is 366 g/mol. The molecule has 0 unspecified atom stereocenters. The predicted molar refractivity (Wildman–Crippen MR) is 98.8 cm³/mol. The quantitative estimate of drug-likeness (QED) is 0.672. The monoisotopic (exact) mass is 365 g/mol. The molecule has 1 N–H and O–H groups in total. The first-order chi connectivity index (χ1) is 11.6. The van der Waals surface area contributed by atoms with Crippen molar-refractivity contribution in [1.29, 1.82) is 0 Å². The second-order valence-corrected chi connectivity index (χ2v) is 6.29. The van der Waals surface area contributed by atoms with Gasteiger partial charge in [0.15, 0.2) is 0 Å². The van der Waals surface area contributed by atoms with Crippen LogP contribution in [-0.4, -0.2) is 25.7 Å². The fourth-order valence-corrected chi connectivity index (χ4v) is 2.56. The van der Waals surface area contributed by atoms with Gasteiger partial charge in [0.2, 0.25) is 5.91 Å². The Morgan fingerprint density at radius 2 is 1.75 bits per heavy atom. The van der Waals surface area contributed by atoms with Crippen molar-refractivity contribution in [2.24, 2.45) is 0 Å². The molecule has 2 aromatic carbocycles. The van der Waals surface area contributed by atoms with Crippen molar-refractivity contribution in [2.45, 2.75) is 19.3 Å². The Hall–Kier alpha value is -1.55. The van der Waals surface area contributed by atoms with E-state index in [9.17, 15) is 4.79 Å². The summed E-state index contributed by atoms with van der Waals surface area (Å²) in [5.41, 5.74) is 2.12. The van der Waals surface area contributed by atoms with Crippen LogP contribution >= 0.6 is 23.2 Å². The van der Waals surface area contributed by atoms with Crippen molar-refractivity contribution in [3.63, 3.8) is 0 Å². The van der Waals surface area contributed by atoms with Crippen molar-refractivity contribution < 1.29 is 9.53 Å². The maximum absolute atomic E-state index is 11.9. The predicted octanol–water partition coefficient (Wildman–Crippen LogP) is 4.30. The zero-order chi connectivity index (χ0) is 17.2. The molecule has 0 heterocycles. The third-order valence-electron chi connectivity index (χ3n) is 3.51. The Labute approximate surface area is 152 Å². The van der Waals surface area contributed by atoms with Crippen molar-refractivity contribution >= 4 is 29.1 Å². The number of hydrogen-bond donors (Lipinski definition) is 1. The normalized spacial score (nSPS) is 10.6. The second kappa shape index (κ2) is 10.3. The number of ether oxygens (including phenoxy) is 1. The van der Waals surface area contributed by atoms with E-state index in [4.69, 9.17) is 27.9 Å². The van der Waals surface area contributed by atoms with Gasteiger partial charge in [0, 0.05) is 13.2 Å². The lowest BCUT2D eigenvalue weighted by Crippen LogP contribution is -2.26. The number of carbonyl (C=O) groups excluding carboxylic acids is 1. The minimum absolute atomic E-state index is 0.0299. The molecule has 5 heteroatoms. The summed E-state index contributed by atoms with van der Waals surface area (Å²) in [5.74, 6) is -0.0299. The molecule has 0 radical (unpaired) electrons. The molecule has 0 atom stereocenters. The van der Waals surface area contributed by atoms with Crippen LogP contribution in [0.25, 0.3) is 0 Å². The lowest BCUT2D eigenvalue weighted by Gasteiger charge is -2.07. The smallest absolute Gasteiger partial charge is 0.224 e. The molecule has 128 valence electrons. The number of rotatable bonds is 9. The first-order valence-electron chi connectivity index (χ1n) is 7.97. The molecule has 0 spiro atoms. The van der Waals surface area contributed by atoms with Gasteiger partial charge in [-0.2, -0.15) is 0 Å². The first-order valence-corrected chi connectivity index (χ1v) is 8.73. The van der Waals surface area contributed by atoms with Crippen LogP contribution in [0, 0.1) is 0 Å². The molecule has 2 rings (SSSR count). The van der Waals surface area contributed by atoms with Gasteiger partial charge in [0.25, 0.3) is 0 Å². The lowest BCUT2D eigenvalue weighted by atomic mass is 10.1. The van der Waals surface area contributed by atoms with E-state index < -0.39 is 0 Å². The van der Waals surface area contributed by atoms with Gasteiger partial charge < -0.3 is 10.1 Å². The number of hydrogen-bond acceptors (Lipinski definition) is 2. The number of amides is 1. The highest BCUT2D eigenvalue weighted by Crippen LogP contribution is 2.22. The maximum Gasteiger partial charge on any atom is 0.224 e. The number of benzene rings is 2. The van der Waals surface area contributed by atoms with E-state index in [0.717, 1.165) is 18.4 Å². The van der Waals surface area contributed by atoms with Gasteiger partial charge in [-0.05, 0) is 36.1 Å². The Bertz CT molecular complexity index is 647. The molecule has 24 heavy (non-hydrogen) atoms. The van der Waals surface area contributed by atoms with Gasteiger partial charge in [-0.1, -0.05) is 59.6 Å². The highest BCUT2D eigenvalue weighted by molar-refractivity contribution is 6.42. The summed E-state index contributed by atoms with van der Waals surface area (Å²) < 4.78 is 5.58. The molecule has 3 nitrogen and oxygen atoms in total. The van der Waals surface area contributed by atoms with E-state index in [1.807, 2.05) is 18.2 Å². The van der Waals surface area contributed by atoms with Crippen LogP contribution in [0.2, 0.25) is 10.0 Å². The van der Waals surface area contributed by atoms with Crippen molar-refractivity contribution in [1.82, 2.24) is 5.32 Å². The topological polar surface area (TPSA) is 38.3 Å². The van der Waals surface area contributed by atoms with Gasteiger partial charge in [-0.25, -0.2) is 0 Å². The Morgan fingerprint density at radius 1 is 0.958 bits per heavy atom. The van der Waals surface area contributed by atoms with Crippen molar-refractivity contribution in [2.75, 3.05) is 19.8 Å². The van der Waals surface area contributed by atoms with Crippen LogP contribution in [0.1, 0.15) is 17.5 Å². The van der Waals surface area contributed by atoms with Gasteiger partial charge in [0.05, 0.1) is 23.1 Å².